The largest absolute Gasteiger partial charge is 0.479 e. The average Bonchev–Trinajstić information content (AvgIpc) is 2.04. The van der Waals surface area contributed by atoms with Crippen LogP contribution in [-0.2, 0) is 4.79 Å². The van der Waals surface area contributed by atoms with Gasteiger partial charge in [-0.3, -0.25) is 0 Å². The molecule has 4 heteroatoms. The normalized spacial score (nSPS) is 9.58. The van der Waals surface area contributed by atoms with Gasteiger partial charge in [0.2, 0.25) is 4.84 Å². The van der Waals surface area contributed by atoms with Crippen molar-refractivity contribution in [1.29, 1.82) is 0 Å². The van der Waals surface area contributed by atoms with Crippen LogP contribution in [0.5, 0.6) is 0 Å². The molecule has 0 fully saturated rings. The molecule has 0 spiro atoms. The second-order valence-corrected chi connectivity index (χ2v) is 3.66. The van der Waals surface area contributed by atoms with Crippen molar-refractivity contribution >= 4 is 29.2 Å². The van der Waals surface area contributed by atoms with Crippen molar-refractivity contribution in [3.05, 3.63) is 0 Å². The standard InChI is InChI=1S/C6H14.C2H2Cl2O2/c1-4-6(3)5-2;3-1(4)2(5)6/h6H,4-5H2,1-3H3;1H,(H,5,6). The number of carboxylic acids is 1. The summed E-state index contributed by atoms with van der Waals surface area (Å²) in [7, 11) is 0. The van der Waals surface area contributed by atoms with Crippen LogP contribution in [0.2, 0.25) is 0 Å². The molecule has 0 radical (unpaired) electrons. The third-order valence-corrected chi connectivity index (χ3v) is 1.95. The topological polar surface area (TPSA) is 37.3 Å². The van der Waals surface area contributed by atoms with Crippen molar-refractivity contribution in [2.45, 2.75) is 38.4 Å². The highest BCUT2D eigenvalue weighted by molar-refractivity contribution is 6.52. The van der Waals surface area contributed by atoms with Crippen LogP contribution in [0.15, 0.2) is 0 Å². The maximum Gasteiger partial charge on any atom is 0.337 e. The number of hydrogen-bond acceptors (Lipinski definition) is 1. The molecule has 0 bridgehead atoms. The minimum atomic E-state index is -1.29. The summed E-state index contributed by atoms with van der Waals surface area (Å²) in [6, 6.07) is 0. The predicted molar refractivity (Wildman–Crippen MR) is 52.9 cm³/mol. The van der Waals surface area contributed by atoms with E-state index in [9.17, 15) is 4.79 Å². The second-order valence-electron chi connectivity index (χ2n) is 2.56. The Hall–Kier alpha value is 0.0500. The van der Waals surface area contributed by atoms with E-state index in [0.717, 1.165) is 5.92 Å². The summed E-state index contributed by atoms with van der Waals surface area (Å²) in [4.78, 5) is 8.15. The lowest BCUT2D eigenvalue weighted by atomic mass is 10.1. The number of alkyl halides is 2. The van der Waals surface area contributed by atoms with E-state index in [1.54, 1.807) is 0 Å². The molecule has 0 saturated carbocycles. The molecule has 0 aromatic heterocycles. The van der Waals surface area contributed by atoms with E-state index in [0.29, 0.717) is 0 Å². The minimum Gasteiger partial charge on any atom is -0.479 e. The molecule has 0 aliphatic rings. The van der Waals surface area contributed by atoms with Gasteiger partial charge in [-0.15, -0.1) is 0 Å². The van der Waals surface area contributed by atoms with Crippen LogP contribution in [0.1, 0.15) is 33.6 Å². The maximum absolute atomic E-state index is 9.44. The van der Waals surface area contributed by atoms with Gasteiger partial charge in [-0.2, -0.15) is 0 Å². The van der Waals surface area contributed by atoms with Crippen LogP contribution in [0.4, 0.5) is 0 Å². The number of carboxylic acid groups (broad SMARTS) is 1. The Bertz CT molecular complexity index is 112. The van der Waals surface area contributed by atoms with Crippen LogP contribution in [-0.4, -0.2) is 15.9 Å². The molecule has 0 atom stereocenters. The third-order valence-electron chi connectivity index (χ3n) is 1.58. The molecule has 2 nitrogen and oxygen atoms in total. The smallest absolute Gasteiger partial charge is 0.337 e. The van der Waals surface area contributed by atoms with Crippen LogP contribution in [0.25, 0.3) is 0 Å². The van der Waals surface area contributed by atoms with Crippen molar-refractivity contribution < 1.29 is 9.90 Å². The summed E-state index contributed by atoms with van der Waals surface area (Å²) in [5.74, 6) is -0.275. The van der Waals surface area contributed by atoms with Gasteiger partial charge in [-0.25, -0.2) is 4.79 Å². The highest BCUT2D eigenvalue weighted by Gasteiger charge is 2.05. The van der Waals surface area contributed by atoms with Crippen molar-refractivity contribution in [3.8, 4) is 0 Å². The predicted octanol–water partition coefficient (Wildman–Crippen LogP) is 3.32. The zero-order valence-electron chi connectivity index (χ0n) is 7.68. The highest BCUT2D eigenvalue weighted by Crippen LogP contribution is 2.02. The molecule has 0 rings (SSSR count). The van der Waals surface area contributed by atoms with E-state index in [2.05, 4.69) is 20.8 Å². The first-order chi connectivity index (χ1) is 5.45. The van der Waals surface area contributed by atoms with Gasteiger partial charge in [0.15, 0.2) is 0 Å². The van der Waals surface area contributed by atoms with Gasteiger partial charge in [0.05, 0.1) is 0 Å². The van der Waals surface area contributed by atoms with Crippen LogP contribution in [0.3, 0.4) is 0 Å². The average molecular weight is 215 g/mol. The van der Waals surface area contributed by atoms with Gasteiger partial charge in [0.1, 0.15) is 0 Å². The number of aliphatic carboxylic acids is 1. The first-order valence-electron chi connectivity index (χ1n) is 3.96. The number of hydrogen-bond donors (Lipinski definition) is 1. The van der Waals surface area contributed by atoms with E-state index in [4.69, 9.17) is 28.3 Å². The molecule has 74 valence electrons. The van der Waals surface area contributed by atoms with Gasteiger partial charge in [-0.1, -0.05) is 56.8 Å². The molecule has 1 N–H and O–H groups in total. The van der Waals surface area contributed by atoms with Gasteiger partial charge in [-0.05, 0) is 5.92 Å². The lowest BCUT2D eigenvalue weighted by Gasteiger charge is -1.98. The number of carbonyl (C=O) groups is 1. The maximum atomic E-state index is 9.44. The Morgan fingerprint density at radius 1 is 1.33 bits per heavy atom. The van der Waals surface area contributed by atoms with Crippen LogP contribution < -0.4 is 0 Å². The number of rotatable bonds is 3. The van der Waals surface area contributed by atoms with Gasteiger partial charge in [0, 0.05) is 0 Å². The molecule has 0 aromatic rings. The Morgan fingerprint density at radius 3 is 1.58 bits per heavy atom. The summed E-state index contributed by atoms with van der Waals surface area (Å²) in [5, 5.41) is 7.73. The molecule has 0 saturated heterocycles. The molecule has 0 aromatic carbocycles. The van der Waals surface area contributed by atoms with Gasteiger partial charge < -0.3 is 5.11 Å². The Morgan fingerprint density at radius 2 is 1.58 bits per heavy atom. The Balaban J connectivity index is 0. The molecule has 0 amide bonds. The zero-order valence-corrected chi connectivity index (χ0v) is 9.19. The summed E-state index contributed by atoms with van der Waals surface area (Å²) >= 11 is 9.56. The lowest BCUT2D eigenvalue weighted by molar-refractivity contribution is -0.135. The van der Waals surface area contributed by atoms with Crippen molar-refractivity contribution in [3.63, 3.8) is 0 Å². The van der Waals surface area contributed by atoms with Crippen molar-refractivity contribution in [2.24, 2.45) is 5.92 Å². The van der Waals surface area contributed by atoms with E-state index in [1.165, 1.54) is 12.8 Å². The van der Waals surface area contributed by atoms with E-state index in [1.807, 2.05) is 0 Å². The first-order valence-corrected chi connectivity index (χ1v) is 4.83. The fourth-order valence-corrected chi connectivity index (χ4v) is 0.289. The summed E-state index contributed by atoms with van der Waals surface area (Å²) in [6.45, 7) is 6.74. The zero-order chi connectivity index (χ0) is 10.1. The molecule has 0 aliphatic heterocycles. The van der Waals surface area contributed by atoms with Crippen LogP contribution in [0, 0.1) is 5.92 Å². The van der Waals surface area contributed by atoms with E-state index in [-0.39, 0.29) is 0 Å². The van der Waals surface area contributed by atoms with Crippen molar-refractivity contribution in [1.82, 2.24) is 0 Å². The lowest BCUT2D eigenvalue weighted by Crippen LogP contribution is -2.03. The minimum absolute atomic E-state index is 0.935. The summed E-state index contributed by atoms with van der Waals surface area (Å²) < 4.78 is 0. The van der Waals surface area contributed by atoms with Crippen molar-refractivity contribution in [2.75, 3.05) is 0 Å². The molecule has 0 heterocycles. The molecule has 12 heavy (non-hydrogen) atoms. The van der Waals surface area contributed by atoms with Crippen LogP contribution >= 0.6 is 23.2 Å². The van der Waals surface area contributed by atoms with Gasteiger partial charge >= 0.3 is 5.97 Å². The fraction of sp³-hybridized carbons (Fsp3) is 0.875. The second kappa shape index (κ2) is 9.14. The molecule has 0 unspecified atom stereocenters. The summed E-state index contributed by atoms with van der Waals surface area (Å²) in [5.41, 5.74) is 0. The Labute approximate surface area is 83.9 Å². The Kier molecular flexibility index (Phi) is 11.1. The molecular formula is C8H16Cl2O2. The monoisotopic (exact) mass is 214 g/mol. The molecule has 0 aliphatic carbocycles. The fourth-order valence-electron chi connectivity index (χ4n) is 0.289. The third kappa shape index (κ3) is 12.7. The first kappa shape index (κ1) is 14.6. The number of halogens is 2. The molecular weight excluding hydrogens is 199 g/mol. The SMILES string of the molecule is CCC(C)CC.O=C(O)C(Cl)Cl. The van der Waals surface area contributed by atoms with Gasteiger partial charge in [0.25, 0.3) is 0 Å². The highest BCUT2D eigenvalue weighted by atomic mass is 35.5. The summed E-state index contributed by atoms with van der Waals surface area (Å²) in [6.07, 6.45) is 2.66. The van der Waals surface area contributed by atoms with E-state index < -0.39 is 10.8 Å². The quantitative estimate of drug-likeness (QED) is 0.733. The van der Waals surface area contributed by atoms with E-state index >= 15 is 0 Å².